The number of rotatable bonds is 5. The Hall–Kier alpha value is -0.610. The van der Waals surface area contributed by atoms with Crippen molar-refractivity contribution in [3.8, 4) is 0 Å². The molecule has 0 radical (unpaired) electrons. The minimum absolute atomic E-state index is 0.0248. The fraction of sp³-hybridized carbons (Fsp3) is 0.923. The van der Waals surface area contributed by atoms with Crippen LogP contribution in [0.5, 0.6) is 0 Å². The first-order chi connectivity index (χ1) is 8.26. The Morgan fingerprint density at radius 3 is 2.76 bits per heavy atom. The SMILES string of the molecule is CCOC1CCCN(C(C(=O)OC)C2CC2)C1. The van der Waals surface area contributed by atoms with E-state index in [0.717, 1.165) is 45.4 Å². The predicted molar refractivity (Wildman–Crippen MR) is 64.7 cm³/mol. The van der Waals surface area contributed by atoms with E-state index in [1.165, 1.54) is 7.11 Å². The van der Waals surface area contributed by atoms with Crippen LogP contribution in [0, 0.1) is 5.92 Å². The van der Waals surface area contributed by atoms with Crippen molar-refractivity contribution in [2.24, 2.45) is 5.92 Å². The molecule has 1 saturated heterocycles. The molecule has 2 atom stereocenters. The van der Waals surface area contributed by atoms with E-state index in [-0.39, 0.29) is 12.0 Å². The number of nitrogens with zero attached hydrogens (tertiary/aromatic N) is 1. The molecule has 0 aromatic carbocycles. The zero-order valence-corrected chi connectivity index (χ0v) is 10.9. The third-order valence-corrected chi connectivity index (χ3v) is 3.72. The highest BCUT2D eigenvalue weighted by Crippen LogP contribution is 2.37. The van der Waals surface area contributed by atoms with E-state index in [1.807, 2.05) is 6.92 Å². The average molecular weight is 241 g/mol. The lowest BCUT2D eigenvalue weighted by Gasteiger charge is -2.36. The van der Waals surface area contributed by atoms with Gasteiger partial charge in [-0.3, -0.25) is 9.69 Å². The Balaban J connectivity index is 1.95. The van der Waals surface area contributed by atoms with Crippen LogP contribution in [0.3, 0.4) is 0 Å². The molecule has 0 spiro atoms. The first kappa shape index (κ1) is 12.8. The summed E-state index contributed by atoms with van der Waals surface area (Å²) in [6.07, 6.45) is 4.85. The number of carbonyl (C=O) groups is 1. The summed E-state index contributed by atoms with van der Waals surface area (Å²) in [4.78, 5) is 14.1. The van der Waals surface area contributed by atoms with Crippen LogP contribution in [0.1, 0.15) is 32.6 Å². The molecule has 1 saturated carbocycles. The van der Waals surface area contributed by atoms with E-state index >= 15 is 0 Å². The van der Waals surface area contributed by atoms with E-state index in [0.29, 0.717) is 12.0 Å². The summed E-state index contributed by atoms with van der Waals surface area (Å²) in [5.41, 5.74) is 0. The van der Waals surface area contributed by atoms with Gasteiger partial charge in [-0.15, -0.1) is 0 Å². The third-order valence-electron chi connectivity index (χ3n) is 3.72. The van der Waals surface area contributed by atoms with Crippen molar-refractivity contribution in [2.75, 3.05) is 26.8 Å². The van der Waals surface area contributed by atoms with Crippen LogP contribution in [0.25, 0.3) is 0 Å². The molecule has 1 aliphatic carbocycles. The molecule has 1 heterocycles. The zero-order chi connectivity index (χ0) is 12.3. The number of hydrogen-bond acceptors (Lipinski definition) is 4. The van der Waals surface area contributed by atoms with Crippen molar-refractivity contribution in [3.63, 3.8) is 0 Å². The fourth-order valence-corrected chi connectivity index (χ4v) is 2.76. The van der Waals surface area contributed by atoms with Crippen LogP contribution in [-0.2, 0) is 14.3 Å². The summed E-state index contributed by atoms with van der Waals surface area (Å²) in [5, 5.41) is 0. The van der Waals surface area contributed by atoms with Crippen LogP contribution in [0.2, 0.25) is 0 Å². The number of esters is 1. The fourth-order valence-electron chi connectivity index (χ4n) is 2.76. The summed E-state index contributed by atoms with van der Waals surface area (Å²) in [6.45, 7) is 4.66. The molecule has 2 aliphatic rings. The molecular formula is C13H23NO3. The summed E-state index contributed by atoms with van der Waals surface area (Å²) in [5.74, 6) is 0.451. The van der Waals surface area contributed by atoms with Crippen molar-refractivity contribution < 1.29 is 14.3 Å². The topological polar surface area (TPSA) is 38.8 Å². The lowest BCUT2D eigenvalue weighted by molar-refractivity contribution is -0.149. The standard InChI is InChI=1S/C13H23NO3/c1-3-17-11-5-4-8-14(9-11)12(10-6-7-10)13(15)16-2/h10-12H,3-9H2,1-2H3. The molecule has 0 aromatic heterocycles. The largest absolute Gasteiger partial charge is 0.468 e. The van der Waals surface area contributed by atoms with Crippen LogP contribution in [-0.4, -0.2) is 49.8 Å². The number of likely N-dealkylation sites (tertiary alicyclic amines) is 1. The van der Waals surface area contributed by atoms with Gasteiger partial charge in [0.15, 0.2) is 0 Å². The van der Waals surface area contributed by atoms with Gasteiger partial charge in [-0.1, -0.05) is 0 Å². The molecule has 17 heavy (non-hydrogen) atoms. The normalized spacial score (nSPS) is 27.8. The first-order valence-corrected chi connectivity index (χ1v) is 6.69. The number of piperidine rings is 1. The molecule has 2 unspecified atom stereocenters. The van der Waals surface area contributed by atoms with Gasteiger partial charge in [-0.05, 0) is 45.1 Å². The number of hydrogen-bond donors (Lipinski definition) is 0. The first-order valence-electron chi connectivity index (χ1n) is 6.69. The maximum Gasteiger partial charge on any atom is 0.323 e. The lowest BCUT2D eigenvalue weighted by Crippen LogP contribution is -2.50. The molecule has 0 amide bonds. The molecule has 0 aromatic rings. The Labute approximate surface area is 103 Å². The summed E-state index contributed by atoms with van der Waals surface area (Å²) in [7, 11) is 1.49. The molecule has 4 nitrogen and oxygen atoms in total. The number of carbonyl (C=O) groups excluding carboxylic acids is 1. The lowest BCUT2D eigenvalue weighted by atomic mass is 10.0. The van der Waals surface area contributed by atoms with Crippen molar-refractivity contribution in [3.05, 3.63) is 0 Å². The van der Waals surface area contributed by atoms with E-state index in [2.05, 4.69) is 4.90 Å². The number of methoxy groups -OCH3 is 1. The second-order valence-electron chi connectivity index (χ2n) is 5.02. The van der Waals surface area contributed by atoms with Gasteiger partial charge in [0, 0.05) is 13.2 Å². The molecule has 0 N–H and O–H groups in total. The van der Waals surface area contributed by atoms with Crippen LogP contribution in [0.4, 0.5) is 0 Å². The highest BCUT2D eigenvalue weighted by molar-refractivity contribution is 5.76. The van der Waals surface area contributed by atoms with Crippen molar-refractivity contribution in [2.45, 2.75) is 44.8 Å². The van der Waals surface area contributed by atoms with Crippen molar-refractivity contribution >= 4 is 5.97 Å². The van der Waals surface area contributed by atoms with Gasteiger partial charge in [0.25, 0.3) is 0 Å². The molecular weight excluding hydrogens is 218 g/mol. The van der Waals surface area contributed by atoms with Crippen molar-refractivity contribution in [1.82, 2.24) is 4.90 Å². The molecule has 4 heteroatoms. The smallest absolute Gasteiger partial charge is 0.323 e. The minimum atomic E-state index is -0.0651. The van der Waals surface area contributed by atoms with Gasteiger partial charge in [0.2, 0.25) is 0 Å². The Kier molecular flexibility index (Phi) is 4.40. The van der Waals surface area contributed by atoms with Crippen LogP contribution >= 0.6 is 0 Å². The van der Waals surface area contributed by atoms with Gasteiger partial charge in [0.1, 0.15) is 6.04 Å². The maximum absolute atomic E-state index is 11.9. The van der Waals surface area contributed by atoms with Gasteiger partial charge in [0.05, 0.1) is 13.2 Å². The Morgan fingerprint density at radius 2 is 2.18 bits per heavy atom. The average Bonchev–Trinajstić information content (AvgIpc) is 3.14. The highest BCUT2D eigenvalue weighted by atomic mass is 16.5. The second kappa shape index (κ2) is 5.83. The van der Waals surface area contributed by atoms with Crippen molar-refractivity contribution in [1.29, 1.82) is 0 Å². The van der Waals surface area contributed by atoms with Gasteiger partial charge in [-0.25, -0.2) is 0 Å². The van der Waals surface area contributed by atoms with Crippen LogP contribution < -0.4 is 0 Å². The second-order valence-corrected chi connectivity index (χ2v) is 5.02. The van der Waals surface area contributed by atoms with Crippen LogP contribution in [0.15, 0.2) is 0 Å². The molecule has 0 bridgehead atoms. The van der Waals surface area contributed by atoms with E-state index < -0.39 is 0 Å². The van der Waals surface area contributed by atoms with E-state index in [1.54, 1.807) is 0 Å². The summed E-state index contributed by atoms with van der Waals surface area (Å²) < 4.78 is 10.6. The van der Waals surface area contributed by atoms with Gasteiger partial charge in [-0.2, -0.15) is 0 Å². The quantitative estimate of drug-likeness (QED) is 0.683. The Morgan fingerprint density at radius 1 is 1.41 bits per heavy atom. The third kappa shape index (κ3) is 3.19. The van der Waals surface area contributed by atoms with Gasteiger partial charge >= 0.3 is 5.97 Å². The zero-order valence-electron chi connectivity index (χ0n) is 10.9. The number of ether oxygens (including phenoxy) is 2. The monoisotopic (exact) mass is 241 g/mol. The Bertz CT molecular complexity index is 263. The maximum atomic E-state index is 11.9. The highest BCUT2D eigenvalue weighted by Gasteiger charge is 2.42. The summed E-state index contributed by atoms with van der Waals surface area (Å²) >= 11 is 0. The van der Waals surface area contributed by atoms with E-state index in [9.17, 15) is 4.79 Å². The molecule has 2 rings (SSSR count). The van der Waals surface area contributed by atoms with Gasteiger partial charge < -0.3 is 9.47 Å². The summed E-state index contributed by atoms with van der Waals surface area (Å²) in [6, 6.07) is -0.0248. The predicted octanol–water partition coefficient (Wildman–Crippen LogP) is 1.44. The minimum Gasteiger partial charge on any atom is -0.468 e. The molecule has 98 valence electrons. The molecule has 1 aliphatic heterocycles. The molecule has 2 fully saturated rings. The van der Waals surface area contributed by atoms with E-state index in [4.69, 9.17) is 9.47 Å².